The van der Waals surface area contributed by atoms with Crippen molar-refractivity contribution < 1.29 is 9.59 Å². The normalized spacial score (nSPS) is 13.9. The number of nitrogens with two attached hydrogens (primary N) is 1. The molecule has 4 rings (SSSR count). The molecule has 0 radical (unpaired) electrons. The Balaban J connectivity index is 1.44. The van der Waals surface area contributed by atoms with E-state index < -0.39 is 6.03 Å². The maximum absolute atomic E-state index is 12.5. The minimum atomic E-state index is -0.577. The van der Waals surface area contributed by atoms with E-state index in [0.29, 0.717) is 18.0 Å². The number of imidazole rings is 1. The highest BCUT2D eigenvalue weighted by Crippen LogP contribution is 2.35. The highest BCUT2D eigenvalue weighted by atomic mass is 16.2. The minimum absolute atomic E-state index is 0.192. The van der Waals surface area contributed by atoms with Gasteiger partial charge in [0.25, 0.3) is 5.91 Å². The molecular weight excluding hydrogens is 342 g/mol. The van der Waals surface area contributed by atoms with Crippen molar-refractivity contribution in [1.82, 2.24) is 15.3 Å². The van der Waals surface area contributed by atoms with E-state index in [0.717, 1.165) is 28.1 Å². The number of primary amides is 1. The van der Waals surface area contributed by atoms with Crippen molar-refractivity contribution >= 4 is 28.7 Å². The summed E-state index contributed by atoms with van der Waals surface area (Å²) in [6, 6.07) is 12.1. The van der Waals surface area contributed by atoms with E-state index in [1.54, 1.807) is 24.3 Å². The third kappa shape index (κ3) is 3.76. The summed E-state index contributed by atoms with van der Waals surface area (Å²) in [7, 11) is 0. The zero-order valence-corrected chi connectivity index (χ0v) is 14.8. The first-order valence-corrected chi connectivity index (χ1v) is 9.02. The van der Waals surface area contributed by atoms with Crippen LogP contribution in [0.25, 0.3) is 11.0 Å². The number of nitrogens with zero attached hydrogens (tertiary/aromatic N) is 1. The minimum Gasteiger partial charge on any atom is -0.352 e. The predicted octanol–water partition coefficient (Wildman–Crippen LogP) is 3.25. The number of aromatic amines is 1. The Morgan fingerprint density at radius 1 is 1.15 bits per heavy atom. The molecule has 0 aliphatic heterocycles. The Bertz CT molecular complexity index is 989. The van der Waals surface area contributed by atoms with Gasteiger partial charge in [0.15, 0.2) is 0 Å². The molecule has 1 aliphatic rings. The summed E-state index contributed by atoms with van der Waals surface area (Å²) < 4.78 is 0. The number of hydrogen-bond donors (Lipinski definition) is 4. The fraction of sp³-hybridized carbons (Fsp3) is 0.250. The van der Waals surface area contributed by atoms with Crippen LogP contribution in [0.4, 0.5) is 10.5 Å². The lowest BCUT2D eigenvalue weighted by molar-refractivity contribution is 0.102. The lowest BCUT2D eigenvalue weighted by Gasteiger charge is -2.22. The quantitative estimate of drug-likeness (QED) is 0.558. The summed E-state index contributed by atoms with van der Waals surface area (Å²) in [4.78, 5) is 31.2. The summed E-state index contributed by atoms with van der Waals surface area (Å²) >= 11 is 0. The van der Waals surface area contributed by atoms with Gasteiger partial charge in [0.2, 0.25) is 0 Å². The smallest absolute Gasteiger partial charge is 0.312 e. The molecule has 1 aliphatic carbocycles. The van der Waals surface area contributed by atoms with Gasteiger partial charge in [-0.3, -0.25) is 4.79 Å². The fourth-order valence-corrected chi connectivity index (χ4v) is 3.15. The third-order valence-corrected chi connectivity index (χ3v) is 4.93. The molecule has 0 atom stereocenters. The van der Waals surface area contributed by atoms with Gasteiger partial charge in [-0.25, -0.2) is 9.78 Å². The van der Waals surface area contributed by atoms with Crippen molar-refractivity contribution in [2.75, 3.05) is 5.32 Å². The Labute approximate surface area is 156 Å². The molecule has 0 spiro atoms. The Morgan fingerprint density at radius 2 is 1.93 bits per heavy atom. The van der Waals surface area contributed by atoms with Gasteiger partial charge in [0, 0.05) is 23.7 Å². The van der Waals surface area contributed by atoms with Gasteiger partial charge in [-0.05, 0) is 48.7 Å². The van der Waals surface area contributed by atoms with Gasteiger partial charge in [-0.15, -0.1) is 0 Å². The molecule has 3 aromatic rings. The van der Waals surface area contributed by atoms with Gasteiger partial charge in [0.1, 0.15) is 5.82 Å². The van der Waals surface area contributed by atoms with Crippen molar-refractivity contribution in [2.45, 2.75) is 31.7 Å². The molecule has 7 heteroatoms. The highest BCUT2D eigenvalue weighted by Gasteiger charge is 2.22. The Morgan fingerprint density at radius 3 is 2.59 bits per heavy atom. The molecule has 0 bridgehead atoms. The number of fused-ring (bicyclic) bond motifs is 1. The summed E-state index contributed by atoms with van der Waals surface area (Å²) in [5.41, 5.74) is 9.03. The van der Waals surface area contributed by atoms with Crippen LogP contribution in [0.2, 0.25) is 0 Å². The number of nitrogens with one attached hydrogen (secondary N) is 3. The van der Waals surface area contributed by atoms with Crippen LogP contribution in [-0.4, -0.2) is 21.9 Å². The Hall–Kier alpha value is -3.35. The first kappa shape index (κ1) is 17.1. The number of carbonyl (C=O) groups is 2. The number of amides is 3. The van der Waals surface area contributed by atoms with Gasteiger partial charge >= 0.3 is 6.03 Å². The van der Waals surface area contributed by atoms with E-state index in [1.165, 1.54) is 19.3 Å². The van der Waals surface area contributed by atoms with Gasteiger partial charge in [0.05, 0.1) is 11.0 Å². The predicted molar refractivity (Wildman–Crippen MR) is 104 cm³/mol. The third-order valence-electron chi connectivity index (χ3n) is 4.93. The molecule has 3 amide bonds. The van der Waals surface area contributed by atoms with Gasteiger partial charge in [-0.1, -0.05) is 18.6 Å². The van der Waals surface area contributed by atoms with E-state index >= 15 is 0 Å². The molecule has 0 saturated heterocycles. The average molecular weight is 363 g/mol. The molecule has 0 unspecified atom stereocenters. The summed E-state index contributed by atoms with van der Waals surface area (Å²) in [6.45, 7) is 0.330. The molecule has 27 heavy (non-hydrogen) atoms. The number of carbonyl (C=O) groups excluding carboxylic acids is 2. The molecule has 1 fully saturated rings. The second-order valence-electron chi connectivity index (χ2n) is 6.85. The lowest BCUT2D eigenvalue weighted by atomic mass is 9.85. The second kappa shape index (κ2) is 7.11. The van der Waals surface area contributed by atoms with Crippen LogP contribution in [0.1, 0.15) is 46.9 Å². The summed E-state index contributed by atoms with van der Waals surface area (Å²) in [5, 5.41) is 5.42. The van der Waals surface area contributed by atoms with Crippen LogP contribution < -0.4 is 16.4 Å². The molecule has 1 aromatic heterocycles. The van der Waals surface area contributed by atoms with Crippen molar-refractivity contribution in [2.24, 2.45) is 5.73 Å². The standard InChI is InChI=1S/C20H21N5O2/c21-20(27)22-11-12-4-6-14(7-5-12)19(26)23-15-8-9-16-17(10-15)25-18(24-16)13-2-1-3-13/h4-10,13H,1-3,11H2,(H,23,26)(H,24,25)(H3,21,22,27). The van der Waals surface area contributed by atoms with E-state index in [4.69, 9.17) is 5.73 Å². The van der Waals surface area contributed by atoms with Gasteiger partial charge < -0.3 is 21.4 Å². The number of aromatic nitrogens is 2. The zero-order valence-electron chi connectivity index (χ0n) is 14.8. The molecule has 2 aromatic carbocycles. The number of hydrogen-bond acceptors (Lipinski definition) is 3. The van der Waals surface area contributed by atoms with Crippen LogP contribution in [-0.2, 0) is 6.54 Å². The van der Waals surface area contributed by atoms with Crippen LogP contribution in [0.15, 0.2) is 42.5 Å². The summed E-state index contributed by atoms with van der Waals surface area (Å²) in [6.07, 6.45) is 3.64. The number of H-pyrrole nitrogens is 1. The van der Waals surface area contributed by atoms with Crippen molar-refractivity contribution in [3.8, 4) is 0 Å². The van der Waals surface area contributed by atoms with Crippen LogP contribution >= 0.6 is 0 Å². The number of anilines is 1. The maximum Gasteiger partial charge on any atom is 0.312 e. The van der Waals surface area contributed by atoms with Crippen LogP contribution in [0.5, 0.6) is 0 Å². The molecule has 7 nitrogen and oxygen atoms in total. The molecule has 1 heterocycles. The maximum atomic E-state index is 12.5. The van der Waals surface area contributed by atoms with Crippen molar-refractivity contribution in [1.29, 1.82) is 0 Å². The average Bonchev–Trinajstić information content (AvgIpc) is 3.01. The highest BCUT2D eigenvalue weighted by molar-refractivity contribution is 6.05. The molecular formula is C20H21N5O2. The van der Waals surface area contributed by atoms with E-state index in [-0.39, 0.29) is 5.91 Å². The van der Waals surface area contributed by atoms with Crippen molar-refractivity contribution in [3.05, 3.63) is 59.4 Å². The van der Waals surface area contributed by atoms with Crippen LogP contribution in [0, 0.1) is 0 Å². The monoisotopic (exact) mass is 363 g/mol. The first-order chi connectivity index (χ1) is 13.1. The van der Waals surface area contributed by atoms with Crippen molar-refractivity contribution in [3.63, 3.8) is 0 Å². The second-order valence-corrected chi connectivity index (χ2v) is 6.85. The SMILES string of the molecule is NC(=O)NCc1ccc(C(=O)Nc2ccc3nc(C4CCC4)[nH]c3c2)cc1. The fourth-order valence-electron chi connectivity index (χ4n) is 3.15. The first-order valence-electron chi connectivity index (χ1n) is 9.02. The molecule has 1 saturated carbocycles. The number of rotatable bonds is 5. The van der Waals surface area contributed by atoms with E-state index in [9.17, 15) is 9.59 Å². The number of urea groups is 1. The number of benzene rings is 2. The van der Waals surface area contributed by atoms with Crippen LogP contribution in [0.3, 0.4) is 0 Å². The van der Waals surface area contributed by atoms with Gasteiger partial charge in [-0.2, -0.15) is 0 Å². The molecule has 138 valence electrons. The molecule has 5 N–H and O–H groups in total. The zero-order chi connectivity index (χ0) is 18.8. The lowest BCUT2D eigenvalue weighted by Crippen LogP contribution is -2.28. The van der Waals surface area contributed by atoms with E-state index in [2.05, 4.69) is 20.6 Å². The largest absolute Gasteiger partial charge is 0.352 e. The van der Waals surface area contributed by atoms with E-state index in [1.807, 2.05) is 18.2 Å². The topological polar surface area (TPSA) is 113 Å². The Kier molecular flexibility index (Phi) is 4.50. The summed E-state index contributed by atoms with van der Waals surface area (Å²) in [5.74, 6) is 1.39.